The summed E-state index contributed by atoms with van der Waals surface area (Å²) in [7, 11) is 2.04. The van der Waals surface area contributed by atoms with Crippen molar-refractivity contribution in [3.63, 3.8) is 0 Å². The SMILES string of the molecule is CN(CC1(C#N)CC1)c1ccc2nc[nH]c2c1. The highest BCUT2D eigenvalue weighted by Crippen LogP contribution is 2.45. The van der Waals surface area contributed by atoms with E-state index < -0.39 is 0 Å². The Bertz CT molecular complexity index is 589. The number of anilines is 1. The minimum atomic E-state index is -0.0995. The summed E-state index contributed by atoms with van der Waals surface area (Å²) in [5.41, 5.74) is 3.04. The van der Waals surface area contributed by atoms with E-state index >= 15 is 0 Å². The number of benzene rings is 1. The molecule has 0 amide bonds. The van der Waals surface area contributed by atoms with Gasteiger partial charge in [0.15, 0.2) is 0 Å². The van der Waals surface area contributed by atoms with Gasteiger partial charge in [-0.2, -0.15) is 5.26 Å². The summed E-state index contributed by atoms with van der Waals surface area (Å²) in [5.74, 6) is 0. The Morgan fingerprint density at radius 2 is 2.35 bits per heavy atom. The van der Waals surface area contributed by atoms with Crippen molar-refractivity contribution in [3.05, 3.63) is 24.5 Å². The Hall–Kier alpha value is -2.02. The zero-order valence-electron chi connectivity index (χ0n) is 9.77. The van der Waals surface area contributed by atoms with Crippen molar-refractivity contribution in [2.75, 3.05) is 18.5 Å². The largest absolute Gasteiger partial charge is 0.373 e. The van der Waals surface area contributed by atoms with Crippen LogP contribution in [0.3, 0.4) is 0 Å². The molecule has 1 fully saturated rings. The molecule has 0 radical (unpaired) electrons. The number of imidazole rings is 1. The van der Waals surface area contributed by atoms with Crippen LogP contribution in [0.2, 0.25) is 0 Å². The van der Waals surface area contributed by atoms with E-state index in [2.05, 4.69) is 33.1 Å². The number of hydrogen-bond acceptors (Lipinski definition) is 3. The van der Waals surface area contributed by atoms with Crippen LogP contribution in [-0.4, -0.2) is 23.6 Å². The van der Waals surface area contributed by atoms with Crippen LogP contribution in [-0.2, 0) is 0 Å². The summed E-state index contributed by atoms with van der Waals surface area (Å²) in [5, 5.41) is 9.10. The van der Waals surface area contributed by atoms with Crippen molar-refractivity contribution in [1.29, 1.82) is 5.26 Å². The fourth-order valence-electron chi connectivity index (χ4n) is 2.16. The fourth-order valence-corrected chi connectivity index (χ4v) is 2.16. The number of nitrogens with one attached hydrogen (secondary N) is 1. The Kier molecular flexibility index (Phi) is 2.08. The van der Waals surface area contributed by atoms with Gasteiger partial charge in [0, 0.05) is 19.3 Å². The number of hydrogen-bond donors (Lipinski definition) is 1. The maximum absolute atomic E-state index is 9.10. The van der Waals surface area contributed by atoms with Gasteiger partial charge in [0.1, 0.15) is 0 Å². The molecule has 0 atom stereocenters. The molecule has 17 heavy (non-hydrogen) atoms. The summed E-state index contributed by atoms with van der Waals surface area (Å²) in [6.07, 6.45) is 3.76. The summed E-state index contributed by atoms with van der Waals surface area (Å²) < 4.78 is 0. The Labute approximate surface area is 99.9 Å². The normalized spacial score (nSPS) is 16.7. The Morgan fingerprint density at radius 3 is 3.06 bits per heavy atom. The van der Waals surface area contributed by atoms with E-state index in [9.17, 15) is 0 Å². The molecule has 3 rings (SSSR count). The van der Waals surface area contributed by atoms with Gasteiger partial charge in [-0.15, -0.1) is 0 Å². The Morgan fingerprint density at radius 1 is 1.53 bits per heavy atom. The molecule has 0 bridgehead atoms. The topological polar surface area (TPSA) is 55.7 Å². The molecule has 1 aliphatic rings. The summed E-state index contributed by atoms with van der Waals surface area (Å²) in [4.78, 5) is 9.45. The van der Waals surface area contributed by atoms with E-state index in [0.717, 1.165) is 36.1 Å². The third kappa shape index (κ3) is 1.74. The molecule has 1 aliphatic carbocycles. The minimum absolute atomic E-state index is 0.0995. The van der Waals surface area contributed by atoms with Gasteiger partial charge in [-0.1, -0.05) is 0 Å². The number of aromatic nitrogens is 2. The van der Waals surface area contributed by atoms with Gasteiger partial charge in [0.05, 0.1) is 28.8 Å². The van der Waals surface area contributed by atoms with E-state index in [1.54, 1.807) is 6.33 Å². The second-order valence-electron chi connectivity index (χ2n) is 4.85. The van der Waals surface area contributed by atoms with Crippen molar-refractivity contribution >= 4 is 16.7 Å². The van der Waals surface area contributed by atoms with Crippen molar-refractivity contribution < 1.29 is 0 Å². The highest BCUT2D eigenvalue weighted by molar-refractivity contribution is 5.79. The molecule has 1 aromatic heterocycles. The van der Waals surface area contributed by atoms with Crippen molar-refractivity contribution in [2.45, 2.75) is 12.8 Å². The van der Waals surface area contributed by atoms with E-state index in [4.69, 9.17) is 5.26 Å². The van der Waals surface area contributed by atoms with Gasteiger partial charge in [0.2, 0.25) is 0 Å². The van der Waals surface area contributed by atoms with Crippen LogP contribution in [0.4, 0.5) is 5.69 Å². The van der Waals surface area contributed by atoms with Gasteiger partial charge in [-0.05, 0) is 31.0 Å². The second-order valence-corrected chi connectivity index (χ2v) is 4.85. The van der Waals surface area contributed by atoms with Crippen LogP contribution < -0.4 is 4.90 Å². The average Bonchev–Trinajstić information content (AvgIpc) is 2.96. The first-order valence-corrected chi connectivity index (χ1v) is 5.78. The third-order valence-electron chi connectivity index (χ3n) is 3.48. The van der Waals surface area contributed by atoms with Crippen molar-refractivity contribution in [3.8, 4) is 6.07 Å². The zero-order valence-corrected chi connectivity index (χ0v) is 9.77. The molecule has 0 aliphatic heterocycles. The molecule has 2 aromatic rings. The monoisotopic (exact) mass is 226 g/mol. The van der Waals surface area contributed by atoms with Crippen LogP contribution in [0, 0.1) is 16.7 Å². The van der Waals surface area contributed by atoms with Gasteiger partial charge in [-0.3, -0.25) is 0 Å². The summed E-state index contributed by atoms with van der Waals surface area (Å²) in [6, 6.07) is 8.56. The summed E-state index contributed by atoms with van der Waals surface area (Å²) >= 11 is 0. The molecular formula is C13H14N4. The second kappa shape index (κ2) is 3.49. The fraction of sp³-hybridized carbons (Fsp3) is 0.385. The molecule has 1 heterocycles. The third-order valence-corrected chi connectivity index (χ3v) is 3.48. The number of H-pyrrole nitrogens is 1. The Balaban J connectivity index is 1.85. The lowest BCUT2D eigenvalue weighted by Gasteiger charge is -2.21. The van der Waals surface area contributed by atoms with E-state index in [1.165, 1.54) is 0 Å². The zero-order chi connectivity index (χ0) is 11.9. The molecule has 4 nitrogen and oxygen atoms in total. The maximum atomic E-state index is 9.10. The quantitative estimate of drug-likeness (QED) is 0.873. The first-order chi connectivity index (χ1) is 8.22. The summed E-state index contributed by atoms with van der Waals surface area (Å²) in [6.45, 7) is 0.809. The van der Waals surface area contributed by atoms with E-state index in [0.29, 0.717) is 0 Å². The predicted octanol–water partition coefficient (Wildman–Crippen LogP) is 2.30. The van der Waals surface area contributed by atoms with Crippen LogP contribution in [0.1, 0.15) is 12.8 Å². The lowest BCUT2D eigenvalue weighted by molar-refractivity contribution is 0.653. The predicted molar refractivity (Wildman–Crippen MR) is 66.6 cm³/mol. The lowest BCUT2D eigenvalue weighted by atomic mass is 10.1. The molecule has 1 aromatic carbocycles. The van der Waals surface area contributed by atoms with E-state index in [1.807, 2.05) is 13.1 Å². The number of rotatable bonds is 3. The first-order valence-electron chi connectivity index (χ1n) is 5.78. The molecule has 1 N–H and O–H groups in total. The average molecular weight is 226 g/mol. The smallest absolute Gasteiger partial charge is 0.0931 e. The minimum Gasteiger partial charge on any atom is -0.373 e. The van der Waals surface area contributed by atoms with Gasteiger partial charge in [0.25, 0.3) is 0 Å². The number of aromatic amines is 1. The number of nitrogens with zero attached hydrogens (tertiary/aromatic N) is 3. The highest BCUT2D eigenvalue weighted by Gasteiger charge is 2.44. The van der Waals surface area contributed by atoms with Crippen LogP contribution >= 0.6 is 0 Å². The molecule has 0 saturated heterocycles. The molecular weight excluding hydrogens is 212 g/mol. The van der Waals surface area contributed by atoms with E-state index in [-0.39, 0.29) is 5.41 Å². The molecule has 4 heteroatoms. The standard InChI is InChI=1S/C13H14N4/c1-17(8-13(7-14)4-5-13)10-2-3-11-12(6-10)16-9-15-11/h2-3,6,9H,4-5,8H2,1H3,(H,15,16). The van der Waals surface area contributed by atoms with Gasteiger partial charge < -0.3 is 9.88 Å². The molecule has 1 saturated carbocycles. The van der Waals surface area contributed by atoms with Crippen LogP contribution in [0.15, 0.2) is 24.5 Å². The highest BCUT2D eigenvalue weighted by atomic mass is 15.1. The molecule has 86 valence electrons. The molecule has 0 unspecified atom stereocenters. The van der Waals surface area contributed by atoms with Crippen LogP contribution in [0.5, 0.6) is 0 Å². The lowest BCUT2D eigenvalue weighted by Crippen LogP contribution is -2.25. The van der Waals surface area contributed by atoms with Crippen molar-refractivity contribution in [2.24, 2.45) is 5.41 Å². The van der Waals surface area contributed by atoms with Crippen LogP contribution in [0.25, 0.3) is 11.0 Å². The van der Waals surface area contributed by atoms with Gasteiger partial charge in [-0.25, -0.2) is 4.98 Å². The number of fused-ring (bicyclic) bond motifs is 1. The van der Waals surface area contributed by atoms with Crippen molar-refractivity contribution in [1.82, 2.24) is 9.97 Å². The maximum Gasteiger partial charge on any atom is 0.0931 e. The first kappa shape index (κ1) is 10.2. The number of nitriles is 1. The van der Waals surface area contributed by atoms with Gasteiger partial charge >= 0.3 is 0 Å². The molecule has 0 spiro atoms.